The number of para-hydroxylation sites is 1. The van der Waals surface area contributed by atoms with Gasteiger partial charge in [-0.25, -0.2) is 0 Å². The highest BCUT2D eigenvalue weighted by Crippen LogP contribution is 2.44. The highest BCUT2D eigenvalue weighted by molar-refractivity contribution is 5.98. The smallest absolute Gasteiger partial charge is 0.305 e. The number of unbranched alkanes of at least 4 members (excludes halogenated alkanes) is 1. The fourth-order valence-corrected chi connectivity index (χ4v) is 6.44. The minimum absolute atomic E-state index is 0.0722. The molecule has 6 N–H and O–H groups in total. The molecule has 0 aliphatic carbocycles. The first kappa shape index (κ1) is 37.9. The maximum atomic E-state index is 13.1. The highest BCUT2D eigenvalue weighted by atomic mass is 16.5. The fourth-order valence-electron chi connectivity index (χ4n) is 6.44. The van der Waals surface area contributed by atoms with E-state index in [9.17, 15) is 29.4 Å². The molecule has 14 nitrogen and oxygen atoms in total. The van der Waals surface area contributed by atoms with Gasteiger partial charge in [0, 0.05) is 48.1 Å². The number of rotatable bonds is 15. The summed E-state index contributed by atoms with van der Waals surface area (Å²) >= 11 is 0. The molecule has 3 amide bonds. The van der Waals surface area contributed by atoms with Crippen LogP contribution in [0.5, 0.6) is 11.5 Å². The molecule has 0 spiro atoms. The number of hydrogen-bond acceptors (Lipinski definition) is 11. The Kier molecular flexibility index (Phi) is 12.6. The van der Waals surface area contributed by atoms with Gasteiger partial charge in [0.2, 0.25) is 17.7 Å². The summed E-state index contributed by atoms with van der Waals surface area (Å²) in [4.78, 5) is 51.3. The molecule has 52 heavy (non-hydrogen) atoms. The van der Waals surface area contributed by atoms with Crippen molar-refractivity contribution in [2.45, 2.75) is 83.5 Å². The third-order valence-corrected chi connectivity index (χ3v) is 9.21. The van der Waals surface area contributed by atoms with Crippen LogP contribution < -0.4 is 35.6 Å². The van der Waals surface area contributed by atoms with Crippen molar-refractivity contribution in [1.29, 1.82) is 0 Å². The minimum Gasteiger partial charge on any atom is -0.493 e. The number of benzene rings is 3. The van der Waals surface area contributed by atoms with Crippen LogP contribution in [0.1, 0.15) is 68.0 Å². The molecule has 0 aromatic heterocycles. The molecule has 0 saturated carbocycles. The predicted molar refractivity (Wildman–Crippen MR) is 194 cm³/mol. The van der Waals surface area contributed by atoms with Crippen LogP contribution in [-0.2, 0) is 43.5 Å². The molecule has 2 aliphatic heterocycles. The molecule has 0 radical (unpaired) electrons. The normalized spacial score (nSPS) is 16.8. The van der Waals surface area contributed by atoms with Gasteiger partial charge in [-0.1, -0.05) is 18.2 Å². The summed E-state index contributed by atoms with van der Waals surface area (Å²) in [6.45, 7) is 3.45. The van der Waals surface area contributed by atoms with Crippen LogP contribution in [-0.4, -0.2) is 72.8 Å². The number of nitrogens with zero attached hydrogens (tertiary/aromatic N) is 1. The fraction of sp³-hybridized carbons (Fsp3) is 0.421. The average molecular weight is 718 g/mol. The zero-order chi connectivity index (χ0) is 37.4. The molecule has 0 fully saturated rings. The van der Waals surface area contributed by atoms with Crippen LogP contribution in [0.25, 0.3) is 0 Å². The molecule has 278 valence electrons. The largest absolute Gasteiger partial charge is 0.493 e. The Morgan fingerprint density at radius 3 is 2.40 bits per heavy atom. The summed E-state index contributed by atoms with van der Waals surface area (Å²) in [7, 11) is 2.84. The van der Waals surface area contributed by atoms with Gasteiger partial charge in [0.1, 0.15) is 18.7 Å². The summed E-state index contributed by atoms with van der Waals surface area (Å²) in [6, 6.07) is 15.0. The SMILES string of the molecule is COC(=O)CCCCC(=O)N[C@@H](C)C(=O)N[C@@H](C)C(=O)Nc1cc(CO)cc(COc2cc3c(cc2OC)C(O)N2c4ccccc4C[C@H]2CN3)c1. The van der Waals surface area contributed by atoms with E-state index in [1.807, 2.05) is 29.2 Å². The molecular weight excluding hydrogens is 670 g/mol. The summed E-state index contributed by atoms with van der Waals surface area (Å²) < 4.78 is 16.5. The van der Waals surface area contributed by atoms with Crippen molar-refractivity contribution in [3.8, 4) is 11.5 Å². The monoisotopic (exact) mass is 717 g/mol. The van der Waals surface area contributed by atoms with E-state index in [-0.39, 0.29) is 44.0 Å². The first-order chi connectivity index (χ1) is 25.0. The van der Waals surface area contributed by atoms with E-state index in [1.165, 1.54) is 33.6 Å². The maximum absolute atomic E-state index is 13.1. The van der Waals surface area contributed by atoms with E-state index in [2.05, 4.69) is 32.1 Å². The number of ether oxygens (including phenoxy) is 3. The molecule has 3 aromatic carbocycles. The van der Waals surface area contributed by atoms with E-state index in [4.69, 9.17) is 9.47 Å². The van der Waals surface area contributed by atoms with Crippen LogP contribution >= 0.6 is 0 Å². The Morgan fingerprint density at radius 1 is 0.923 bits per heavy atom. The predicted octanol–water partition coefficient (Wildman–Crippen LogP) is 3.30. The van der Waals surface area contributed by atoms with Crippen molar-refractivity contribution < 1.29 is 43.6 Å². The number of nitrogens with one attached hydrogen (secondary N) is 4. The van der Waals surface area contributed by atoms with Crippen LogP contribution in [0.3, 0.4) is 0 Å². The lowest BCUT2D eigenvalue weighted by Gasteiger charge is -2.30. The van der Waals surface area contributed by atoms with Gasteiger partial charge in [-0.3, -0.25) is 19.2 Å². The van der Waals surface area contributed by atoms with Gasteiger partial charge in [-0.2, -0.15) is 0 Å². The van der Waals surface area contributed by atoms with Crippen LogP contribution in [0.4, 0.5) is 17.1 Å². The van der Waals surface area contributed by atoms with Gasteiger partial charge in [0.05, 0.1) is 26.9 Å². The molecule has 2 heterocycles. The minimum atomic E-state index is -0.944. The van der Waals surface area contributed by atoms with Crippen molar-refractivity contribution in [3.05, 3.63) is 76.9 Å². The number of carbonyl (C=O) groups is 4. The Labute approximate surface area is 302 Å². The molecule has 3 aromatic rings. The van der Waals surface area contributed by atoms with Crippen molar-refractivity contribution in [2.75, 3.05) is 36.3 Å². The number of amides is 3. The lowest BCUT2D eigenvalue weighted by Crippen LogP contribution is -2.50. The van der Waals surface area contributed by atoms with Gasteiger partial charge in [-0.05, 0) is 80.1 Å². The standard InChI is InChI=1S/C38H47N5O9/c1-22(40-34(45)11-7-8-12-35(46)51-4)36(47)41-23(2)37(48)42-27-14-24(20-44)13-25(15-27)21-52-33-18-30-29(17-32(33)50-3)38(49)43-28(19-39-30)16-26-9-5-6-10-31(26)43/h5-6,9-10,13-15,17-18,22-23,28,38-39,44,49H,7-8,11-12,16,19-21H2,1-4H3,(H,40,45)(H,41,47)(H,42,48)/t22-,23-,28-,38?/m0/s1. The number of aliphatic hydroxyl groups excluding tert-OH is 2. The molecule has 0 saturated heterocycles. The summed E-state index contributed by atoms with van der Waals surface area (Å²) in [5.41, 5.74) is 5.19. The van der Waals surface area contributed by atoms with E-state index >= 15 is 0 Å². The number of fused-ring (bicyclic) bond motifs is 4. The molecule has 1 unspecified atom stereocenters. The zero-order valence-corrected chi connectivity index (χ0v) is 29.9. The number of esters is 1. The highest BCUT2D eigenvalue weighted by Gasteiger charge is 2.37. The third kappa shape index (κ3) is 9.11. The Morgan fingerprint density at radius 2 is 1.65 bits per heavy atom. The van der Waals surface area contributed by atoms with Crippen LogP contribution in [0.2, 0.25) is 0 Å². The first-order valence-electron chi connectivity index (χ1n) is 17.3. The number of carbonyl (C=O) groups excluding carboxylic acids is 4. The van der Waals surface area contributed by atoms with Gasteiger partial charge in [0.25, 0.3) is 0 Å². The lowest BCUT2D eigenvalue weighted by atomic mass is 10.1. The maximum Gasteiger partial charge on any atom is 0.305 e. The van der Waals surface area contributed by atoms with Crippen LogP contribution in [0.15, 0.2) is 54.6 Å². The second kappa shape index (κ2) is 17.2. The lowest BCUT2D eigenvalue weighted by molar-refractivity contribution is -0.140. The van der Waals surface area contributed by atoms with Gasteiger partial charge in [-0.15, -0.1) is 0 Å². The van der Waals surface area contributed by atoms with Gasteiger partial charge >= 0.3 is 5.97 Å². The van der Waals surface area contributed by atoms with E-state index in [0.717, 1.165) is 17.8 Å². The van der Waals surface area contributed by atoms with Crippen LogP contribution in [0, 0.1) is 0 Å². The molecule has 4 atom stereocenters. The van der Waals surface area contributed by atoms with Gasteiger partial charge in [0.15, 0.2) is 17.7 Å². The topological polar surface area (TPSA) is 188 Å². The van der Waals surface area contributed by atoms with Crippen molar-refractivity contribution in [3.63, 3.8) is 0 Å². The molecule has 0 bridgehead atoms. The average Bonchev–Trinajstić information content (AvgIpc) is 3.46. The Hall–Kier alpha value is -5.34. The quantitative estimate of drug-likeness (QED) is 0.100. The Bertz CT molecular complexity index is 1780. The summed E-state index contributed by atoms with van der Waals surface area (Å²) in [5, 5.41) is 32.9. The molecule has 14 heteroatoms. The van der Waals surface area contributed by atoms with E-state index < -0.39 is 30.1 Å². The second-order valence-electron chi connectivity index (χ2n) is 13.0. The molecule has 2 aliphatic rings. The Balaban J connectivity index is 1.19. The molecular formula is C38H47N5O9. The number of aliphatic hydroxyl groups is 2. The summed E-state index contributed by atoms with van der Waals surface area (Å²) in [6.07, 6.45) is 1.24. The summed E-state index contributed by atoms with van der Waals surface area (Å²) in [5.74, 6) is -0.846. The van der Waals surface area contributed by atoms with E-state index in [0.29, 0.717) is 53.3 Å². The zero-order valence-electron chi connectivity index (χ0n) is 29.9. The van der Waals surface area contributed by atoms with E-state index in [1.54, 1.807) is 24.3 Å². The second-order valence-corrected chi connectivity index (χ2v) is 13.0. The van der Waals surface area contributed by atoms with Gasteiger partial charge < -0.3 is 50.6 Å². The first-order valence-corrected chi connectivity index (χ1v) is 17.3. The van der Waals surface area contributed by atoms with Crippen molar-refractivity contribution in [2.24, 2.45) is 0 Å². The number of methoxy groups -OCH3 is 2. The number of anilines is 3. The third-order valence-electron chi connectivity index (χ3n) is 9.21. The van der Waals surface area contributed by atoms with Crippen molar-refractivity contribution >= 4 is 40.8 Å². The number of hydrogen-bond donors (Lipinski definition) is 6. The molecule has 5 rings (SSSR count). The van der Waals surface area contributed by atoms with Crippen molar-refractivity contribution in [1.82, 2.24) is 10.6 Å².